The number of nitrogens with one attached hydrogen (secondary N) is 1. The molecule has 0 atom stereocenters. The number of benzene rings is 2. The van der Waals surface area contributed by atoms with Crippen LogP contribution >= 0.6 is 0 Å². The van der Waals surface area contributed by atoms with Crippen LogP contribution in [-0.4, -0.2) is 34.2 Å². The molecule has 7 heteroatoms. The van der Waals surface area contributed by atoms with Gasteiger partial charge < -0.3 is 19.5 Å². The number of rotatable bonds is 6. The molecule has 3 rings (SSSR count). The normalized spacial score (nSPS) is 10.8. The highest BCUT2D eigenvalue weighted by Gasteiger charge is 2.22. The number of methoxy groups -OCH3 is 1. The first-order chi connectivity index (χ1) is 13.5. The summed E-state index contributed by atoms with van der Waals surface area (Å²) in [5.41, 5.74) is 2.63. The lowest BCUT2D eigenvalue weighted by Crippen LogP contribution is -2.39. The molecule has 0 aliphatic heterocycles. The van der Waals surface area contributed by atoms with Crippen LogP contribution < -0.4 is 10.1 Å². The maximum absolute atomic E-state index is 12.8. The third-order valence-corrected chi connectivity index (χ3v) is 4.32. The van der Waals surface area contributed by atoms with E-state index in [1.807, 2.05) is 57.2 Å². The summed E-state index contributed by atoms with van der Waals surface area (Å²) in [6.07, 6.45) is 0. The van der Waals surface area contributed by atoms with Crippen molar-refractivity contribution >= 4 is 11.7 Å². The minimum absolute atomic E-state index is 0.0653. The predicted octanol–water partition coefficient (Wildman–Crippen LogP) is 4.50. The summed E-state index contributed by atoms with van der Waals surface area (Å²) in [6, 6.07) is 14.8. The van der Waals surface area contributed by atoms with Crippen molar-refractivity contribution in [3.8, 4) is 17.1 Å². The summed E-state index contributed by atoms with van der Waals surface area (Å²) in [7, 11) is 1.57. The van der Waals surface area contributed by atoms with Crippen molar-refractivity contribution in [3.63, 3.8) is 0 Å². The van der Waals surface area contributed by atoms with E-state index in [0.717, 1.165) is 11.1 Å². The van der Waals surface area contributed by atoms with Gasteiger partial charge >= 0.3 is 6.03 Å². The largest absolute Gasteiger partial charge is 0.495 e. The third-order valence-electron chi connectivity index (χ3n) is 4.32. The standard InChI is InChI=1S/C21H24N4O3/c1-14(2)25(21(26)22-17-7-5-6-8-18(17)27-4)13-19-23-20(24-28-19)16-11-9-15(3)10-12-16/h5-12,14H,13H2,1-4H3,(H,22,26). The van der Waals surface area contributed by atoms with Crippen LogP contribution in [0, 0.1) is 6.92 Å². The van der Waals surface area contributed by atoms with Crippen molar-refractivity contribution in [1.82, 2.24) is 15.0 Å². The molecule has 146 valence electrons. The van der Waals surface area contributed by atoms with E-state index in [9.17, 15) is 4.79 Å². The van der Waals surface area contributed by atoms with E-state index in [0.29, 0.717) is 23.2 Å². The number of carbonyl (C=O) groups excluding carboxylic acids is 1. The summed E-state index contributed by atoms with van der Waals surface area (Å²) in [6.45, 7) is 6.09. The average molecular weight is 380 g/mol. The molecule has 2 aromatic carbocycles. The van der Waals surface area contributed by atoms with Crippen LogP contribution in [0.15, 0.2) is 53.1 Å². The fourth-order valence-corrected chi connectivity index (χ4v) is 2.71. The maximum Gasteiger partial charge on any atom is 0.322 e. The highest BCUT2D eigenvalue weighted by Crippen LogP contribution is 2.24. The Morgan fingerprint density at radius 3 is 2.57 bits per heavy atom. The van der Waals surface area contributed by atoms with Crippen molar-refractivity contribution in [2.45, 2.75) is 33.4 Å². The van der Waals surface area contributed by atoms with E-state index < -0.39 is 0 Å². The van der Waals surface area contributed by atoms with Crippen molar-refractivity contribution in [1.29, 1.82) is 0 Å². The number of urea groups is 1. The molecule has 0 fully saturated rings. The zero-order chi connectivity index (χ0) is 20.1. The van der Waals surface area contributed by atoms with Gasteiger partial charge in [0.1, 0.15) is 12.3 Å². The molecule has 0 saturated heterocycles. The molecule has 0 bridgehead atoms. The molecule has 1 aromatic heterocycles. The zero-order valence-corrected chi connectivity index (χ0v) is 16.5. The number of anilines is 1. The molecule has 7 nitrogen and oxygen atoms in total. The minimum atomic E-state index is -0.269. The highest BCUT2D eigenvalue weighted by molar-refractivity contribution is 5.91. The smallest absolute Gasteiger partial charge is 0.322 e. The molecule has 0 aliphatic carbocycles. The Bertz CT molecular complexity index is 935. The summed E-state index contributed by atoms with van der Waals surface area (Å²) in [5, 5.41) is 6.91. The van der Waals surface area contributed by atoms with Gasteiger partial charge in [-0.25, -0.2) is 4.79 Å². The number of aryl methyl sites for hydroxylation is 1. The Labute approximate surface area is 164 Å². The quantitative estimate of drug-likeness (QED) is 0.681. The van der Waals surface area contributed by atoms with E-state index in [4.69, 9.17) is 9.26 Å². The van der Waals surface area contributed by atoms with Crippen LogP contribution in [0.2, 0.25) is 0 Å². The van der Waals surface area contributed by atoms with Crippen LogP contribution in [-0.2, 0) is 6.54 Å². The van der Waals surface area contributed by atoms with Gasteiger partial charge in [-0.2, -0.15) is 4.98 Å². The number of hydrogen-bond acceptors (Lipinski definition) is 5. The van der Waals surface area contributed by atoms with Crippen molar-refractivity contribution < 1.29 is 14.1 Å². The van der Waals surface area contributed by atoms with E-state index in [-0.39, 0.29) is 18.6 Å². The summed E-state index contributed by atoms with van der Waals surface area (Å²) in [4.78, 5) is 18.9. The average Bonchev–Trinajstić information content (AvgIpc) is 3.15. The molecule has 0 aliphatic rings. The summed E-state index contributed by atoms with van der Waals surface area (Å²) >= 11 is 0. The van der Waals surface area contributed by atoms with Gasteiger partial charge in [0.15, 0.2) is 0 Å². The first-order valence-corrected chi connectivity index (χ1v) is 9.08. The lowest BCUT2D eigenvalue weighted by Gasteiger charge is -2.25. The lowest BCUT2D eigenvalue weighted by atomic mass is 10.1. The first-order valence-electron chi connectivity index (χ1n) is 9.08. The molecule has 1 N–H and O–H groups in total. The Balaban J connectivity index is 1.74. The molecule has 0 spiro atoms. The Morgan fingerprint density at radius 1 is 1.18 bits per heavy atom. The van der Waals surface area contributed by atoms with Gasteiger partial charge in [0, 0.05) is 11.6 Å². The number of nitrogens with zero attached hydrogens (tertiary/aromatic N) is 3. The van der Waals surface area contributed by atoms with Gasteiger partial charge in [-0.3, -0.25) is 0 Å². The SMILES string of the molecule is COc1ccccc1NC(=O)N(Cc1nc(-c2ccc(C)cc2)no1)C(C)C. The van der Waals surface area contributed by atoms with Gasteiger partial charge in [0.2, 0.25) is 11.7 Å². The van der Waals surface area contributed by atoms with Crippen molar-refractivity contribution in [2.75, 3.05) is 12.4 Å². The summed E-state index contributed by atoms with van der Waals surface area (Å²) < 4.78 is 10.7. The molecule has 0 unspecified atom stereocenters. The van der Waals surface area contributed by atoms with Gasteiger partial charge in [-0.15, -0.1) is 0 Å². The third kappa shape index (κ3) is 4.49. The van der Waals surface area contributed by atoms with Crippen LogP contribution in [0.4, 0.5) is 10.5 Å². The van der Waals surface area contributed by atoms with E-state index >= 15 is 0 Å². The van der Waals surface area contributed by atoms with E-state index in [1.54, 1.807) is 24.1 Å². The number of ether oxygens (including phenoxy) is 1. The van der Waals surface area contributed by atoms with Crippen LogP contribution in [0.3, 0.4) is 0 Å². The van der Waals surface area contributed by atoms with Gasteiger partial charge in [0.25, 0.3) is 0 Å². The molecule has 0 saturated carbocycles. The molecule has 28 heavy (non-hydrogen) atoms. The topological polar surface area (TPSA) is 80.5 Å². The molecule has 1 heterocycles. The fraction of sp³-hybridized carbons (Fsp3) is 0.286. The van der Waals surface area contributed by atoms with Crippen molar-refractivity contribution in [2.24, 2.45) is 0 Å². The second kappa shape index (κ2) is 8.56. The van der Waals surface area contributed by atoms with Crippen LogP contribution in [0.25, 0.3) is 11.4 Å². The summed E-state index contributed by atoms with van der Waals surface area (Å²) in [5.74, 6) is 1.47. The van der Waals surface area contributed by atoms with Crippen LogP contribution in [0.1, 0.15) is 25.3 Å². The number of amides is 2. The molecule has 0 radical (unpaired) electrons. The number of para-hydroxylation sites is 2. The second-order valence-corrected chi connectivity index (χ2v) is 6.73. The zero-order valence-electron chi connectivity index (χ0n) is 16.5. The van der Waals surface area contributed by atoms with Gasteiger partial charge in [-0.1, -0.05) is 47.1 Å². The number of hydrogen-bond donors (Lipinski definition) is 1. The highest BCUT2D eigenvalue weighted by atomic mass is 16.5. The fourth-order valence-electron chi connectivity index (χ4n) is 2.71. The van der Waals surface area contributed by atoms with E-state index in [2.05, 4.69) is 15.5 Å². The maximum atomic E-state index is 12.8. The molecule has 3 aromatic rings. The molecule has 2 amide bonds. The van der Waals surface area contributed by atoms with Crippen molar-refractivity contribution in [3.05, 3.63) is 60.0 Å². The molecular weight excluding hydrogens is 356 g/mol. The predicted molar refractivity (Wildman–Crippen MR) is 107 cm³/mol. The Hall–Kier alpha value is -3.35. The van der Waals surface area contributed by atoms with Gasteiger partial charge in [0.05, 0.1) is 12.8 Å². The Kier molecular flexibility index (Phi) is 5.93. The lowest BCUT2D eigenvalue weighted by molar-refractivity contribution is 0.182. The Morgan fingerprint density at radius 2 is 1.89 bits per heavy atom. The van der Waals surface area contributed by atoms with E-state index in [1.165, 1.54) is 0 Å². The molecular formula is C21H24N4O3. The van der Waals surface area contributed by atoms with Gasteiger partial charge in [-0.05, 0) is 32.9 Å². The minimum Gasteiger partial charge on any atom is -0.495 e. The number of carbonyl (C=O) groups is 1. The number of aromatic nitrogens is 2. The monoisotopic (exact) mass is 380 g/mol. The van der Waals surface area contributed by atoms with Crippen LogP contribution in [0.5, 0.6) is 5.75 Å². The first kappa shape index (κ1) is 19.4. The second-order valence-electron chi connectivity index (χ2n) is 6.73.